The normalized spacial score (nSPS) is 27.2. The Morgan fingerprint density at radius 3 is 2.15 bits per heavy atom. The molecule has 3 nitrogen and oxygen atoms in total. The number of amides is 1. The van der Waals surface area contributed by atoms with Gasteiger partial charge in [0.25, 0.3) is 0 Å². The van der Waals surface area contributed by atoms with E-state index >= 15 is 0 Å². The first-order chi connectivity index (χ1) is 8.58. The Hall–Kier alpha value is 0.761. The molecule has 20 heavy (non-hydrogen) atoms. The van der Waals surface area contributed by atoms with Gasteiger partial charge in [0.15, 0.2) is 0 Å². The smallest absolute Gasteiger partial charge is 0.449 e. The molecule has 1 saturated heterocycles. The molecule has 0 aromatic carbocycles. The molecule has 8 heteroatoms. The molecule has 0 aromatic rings. The number of halogens is 3. The minimum absolute atomic E-state index is 0. The van der Waals surface area contributed by atoms with E-state index in [-0.39, 0.29) is 70.4 Å². The summed E-state index contributed by atoms with van der Waals surface area (Å²) in [4.78, 5) is 13.1. The van der Waals surface area contributed by atoms with Crippen molar-refractivity contribution in [1.82, 2.24) is 4.90 Å². The maximum absolute atomic E-state index is 13.1. The molecule has 2 unspecified atom stereocenters. The van der Waals surface area contributed by atoms with Crippen molar-refractivity contribution in [2.24, 2.45) is 11.8 Å². The summed E-state index contributed by atoms with van der Waals surface area (Å²) in [6.07, 6.45) is 1.09. The van der Waals surface area contributed by atoms with Crippen LogP contribution in [0, 0.1) is 11.8 Å². The molecule has 2 rings (SSSR count). The predicted octanol–water partition coefficient (Wildman–Crippen LogP) is 0.485. The molecule has 0 N–H and O–H groups in total. The summed E-state index contributed by atoms with van der Waals surface area (Å²) >= 11 is 0. The van der Waals surface area contributed by atoms with Crippen LogP contribution in [0.25, 0.3) is 0 Å². The quantitative estimate of drug-likeness (QED) is 0.694. The Kier molecular flexibility index (Phi) is 6.09. The molecule has 1 saturated carbocycles. The zero-order valence-electron chi connectivity index (χ0n) is 12.5. The van der Waals surface area contributed by atoms with Crippen molar-refractivity contribution < 1.29 is 73.9 Å². The van der Waals surface area contributed by atoms with E-state index < -0.39 is 30.4 Å². The average molecular weight is 317 g/mol. The van der Waals surface area contributed by atoms with E-state index in [1.807, 2.05) is 0 Å². The molecular formula is C12H20BF3KNO2. The molecule has 0 radical (unpaired) electrons. The van der Waals surface area contributed by atoms with Gasteiger partial charge in [-0.15, -0.1) is 0 Å². The molecule has 0 bridgehead atoms. The second kappa shape index (κ2) is 6.48. The average Bonchev–Trinajstić information content (AvgIpc) is 2.92. The fourth-order valence-electron chi connectivity index (χ4n) is 2.75. The molecule has 1 amide bonds. The molecule has 2 aliphatic rings. The number of hydrogen-bond acceptors (Lipinski definition) is 2. The first kappa shape index (κ1) is 18.8. The van der Waals surface area contributed by atoms with Crippen LogP contribution in [0.4, 0.5) is 17.7 Å². The molecule has 1 heterocycles. The zero-order valence-corrected chi connectivity index (χ0v) is 15.7. The number of carbonyl (C=O) groups is 1. The van der Waals surface area contributed by atoms with Crippen LogP contribution < -0.4 is 51.4 Å². The summed E-state index contributed by atoms with van der Waals surface area (Å²) in [6, 6.07) is 0. The number of ether oxygens (including phenoxy) is 1. The monoisotopic (exact) mass is 317 g/mol. The van der Waals surface area contributed by atoms with E-state index in [0.29, 0.717) is 0 Å². The van der Waals surface area contributed by atoms with E-state index in [0.717, 1.165) is 12.8 Å². The SMILES string of the molecule is CC(C)(C)OC(=O)N1CC(C2CC2)C([B-](F)(F)F)C1.[K+]. The van der Waals surface area contributed by atoms with Crippen LogP contribution in [0.15, 0.2) is 0 Å². The van der Waals surface area contributed by atoms with Crippen LogP contribution in [-0.4, -0.2) is 36.7 Å². The van der Waals surface area contributed by atoms with Gasteiger partial charge in [0.05, 0.1) is 0 Å². The summed E-state index contributed by atoms with van der Waals surface area (Å²) in [5, 5.41) is 0. The third kappa shape index (κ3) is 4.90. The summed E-state index contributed by atoms with van der Waals surface area (Å²) in [5.74, 6) is -1.62. The van der Waals surface area contributed by atoms with Crippen LogP contribution in [0.1, 0.15) is 33.6 Å². The van der Waals surface area contributed by atoms with Crippen molar-refractivity contribution in [2.45, 2.75) is 45.0 Å². The first-order valence-corrected chi connectivity index (χ1v) is 6.76. The Morgan fingerprint density at radius 2 is 1.75 bits per heavy atom. The third-order valence-corrected chi connectivity index (χ3v) is 3.78. The van der Waals surface area contributed by atoms with E-state index in [1.54, 1.807) is 20.8 Å². The molecule has 1 aliphatic carbocycles. The van der Waals surface area contributed by atoms with E-state index in [9.17, 15) is 17.7 Å². The fraction of sp³-hybridized carbons (Fsp3) is 0.917. The Bertz CT molecular complexity index is 369. The van der Waals surface area contributed by atoms with Gasteiger partial charge >= 0.3 is 64.5 Å². The van der Waals surface area contributed by atoms with Crippen LogP contribution in [0.2, 0.25) is 5.82 Å². The van der Waals surface area contributed by atoms with Crippen molar-refractivity contribution in [3.63, 3.8) is 0 Å². The summed E-state index contributed by atoms with van der Waals surface area (Å²) in [6.45, 7) is 0.193. The molecule has 110 valence electrons. The third-order valence-electron chi connectivity index (χ3n) is 3.78. The molecule has 0 aromatic heterocycles. The van der Waals surface area contributed by atoms with E-state index in [4.69, 9.17) is 4.74 Å². The van der Waals surface area contributed by atoms with E-state index in [2.05, 4.69) is 0 Å². The van der Waals surface area contributed by atoms with Gasteiger partial charge in [-0.2, -0.15) is 0 Å². The van der Waals surface area contributed by atoms with Crippen molar-refractivity contribution in [2.75, 3.05) is 13.1 Å². The number of hydrogen-bond donors (Lipinski definition) is 0. The van der Waals surface area contributed by atoms with Crippen LogP contribution >= 0.6 is 0 Å². The van der Waals surface area contributed by atoms with Crippen molar-refractivity contribution in [1.29, 1.82) is 0 Å². The van der Waals surface area contributed by atoms with Gasteiger partial charge in [-0.25, -0.2) is 4.79 Å². The van der Waals surface area contributed by atoms with Crippen LogP contribution in [0.5, 0.6) is 0 Å². The molecule has 2 atom stereocenters. The van der Waals surface area contributed by atoms with Gasteiger partial charge in [-0.05, 0) is 45.4 Å². The van der Waals surface area contributed by atoms with E-state index in [1.165, 1.54) is 4.90 Å². The van der Waals surface area contributed by atoms with Crippen LogP contribution in [0.3, 0.4) is 0 Å². The number of rotatable bonds is 2. The summed E-state index contributed by atoms with van der Waals surface area (Å²) in [7, 11) is 0. The Morgan fingerprint density at radius 1 is 1.20 bits per heavy atom. The van der Waals surface area contributed by atoms with Gasteiger partial charge in [-0.3, -0.25) is 0 Å². The van der Waals surface area contributed by atoms with Gasteiger partial charge in [0.1, 0.15) is 5.60 Å². The van der Waals surface area contributed by atoms with Gasteiger partial charge in [-0.1, -0.05) is 5.82 Å². The van der Waals surface area contributed by atoms with Crippen molar-refractivity contribution in [3.05, 3.63) is 0 Å². The summed E-state index contributed by atoms with van der Waals surface area (Å²) in [5.41, 5.74) is -0.673. The maximum atomic E-state index is 13.1. The Labute approximate surface area is 160 Å². The molecular weight excluding hydrogens is 297 g/mol. The van der Waals surface area contributed by atoms with Gasteiger partial charge < -0.3 is 22.6 Å². The number of carbonyl (C=O) groups excluding carboxylic acids is 1. The minimum atomic E-state index is -4.90. The summed E-state index contributed by atoms with van der Waals surface area (Å²) < 4.78 is 44.3. The van der Waals surface area contributed by atoms with Crippen molar-refractivity contribution >= 4 is 13.1 Å². The van der Waals surface area contributed by atoms with Crippen LogP contribution in [-0.2, 0) is 4.74 Å². The predicted molar refractivity (Wildman–Crippen MR) is 66.8 cm³/mol. The second-order valence-electron chi connectivity index (χ2n) is 6.68. The second-order valence-corrected chi connectivity index (χ2v) is 6.68. The van der Waals surface area contributed by atoms with Gasteiger partial charge in [0.2, 0.25) is 0 Å². The number of nitrogens with zero attached hydrogens (tertiary/aromatic N) is 1. The minimum Gasteiger partial charge on any atom is -0.449 e. The van der Waals surface area contributed by atoms with Crippen molar-refractivity contribution in [3.8, 4) is 0 Å². The Balaban J connectivity index is 0.00000200. The molecule has 2 fully saturated rings. The molecule has 0 spiro atoms. The number of likely N-dealkylation sites (tertiary alicyclic amines) is 1. The molecule has 1 aliphatic heterocycles. The topological polar surface area (TPSA) is 29.5 Å². The fourth-order valence-corrected chi connectivity index (χ4v) is 2.75. The maximum Gasteiger partial charge on any atom is 1.00 e. The first-order valence-electron chi connectivity index (χ1n) is 6.76. The standard InChI is InChI=1S/C12H20BF3NO2.K/c1-12(2,3)19-11(18)17-6-9(8-4-5-8)10(7-17)13(14,15)16;/h8-10H,4-7H2,1-3H3;/q-1;+1. The largest absolute Gasteiger partial charge is 1.00 e. The zero-order chi connectivity index (χ0) is 14.4. The van der Waals surface area contributed by atoms with Gasteiger partial charge in [0, 0.05) is 13.1 Å².